The van der Waals surface area contributed by atoms with Gasteiger partial charge in [-0.15, -0.1) is 0 Å². The summed E-state index contributed by atoms with van der Waals surface area (Å²) in [6, 6.07) is 40.6. The van der Waals surface area contributed by atoms with E-state index >= 15 is 0 Å². The minimum absolute atomic E-state index is 0.169. The number of furan rings is 1. The molecule has 6 heteroatoms. The van der Waals surface area contributed by atoms with E-state index in [1.807, 2.05) is 65.3 Å². The van der Waals surface area contributed by atoms with Gasteiger partial charge in [0.15, 0.2) is 5.78 Å². The number of hydrogen-bond acceptors (Lipinski definition) is 4. The number of rotatable bonds is 9. The molecule has 0 unspecified atom stereocenters. The van der Waals surface area contributed by atoms with E-state index in [1.165, 1.54) is 18.4 Å². The molecule has 0 saturated carbocycles. The Balaban J connectivity index is 1.17. The molecule has 0 aliphatic heterocycles. The van der Waals surface area contributed by atoms with Crippen molar-refractivity contribution in [2.24, 2.45) is 0 Å². The van der Waals surface area contributed by atoms with Crippen LogP contribution >= 0.6 is 0 Å². The second kappa shape index (κ2) is 12.7. The highest BCUT2D eigenvalue weighted by Gasteiger charge is 2.13. The van der Waals surface area contributed by atoms with Crippen molar-refractivity contribution in [3.05, 3.63) is 163 Å². The van der Waals surface area contributed by atoms with Gasteiger partial charge >= 0.3 is 0 Å². The molecule has 6 rings (SSSR count). The van der Waals surface area contributed by atoms with Crippen LogP contribution in [0.2, 0.25) is 0 Å². The molecular weight excluding hydrogens is 534 g/mol. The first-order valence-corrected chi connectivity index (χ1v) is 13.8. The zero-order valence-corrected chi connectivity index (χ0v) is 23.1. The minimum atomic E-state index is -0.319. The van der Waals surface area contributed by atoms with Crippen molar-refractivity contribution in [2.75, 3.05) is 5.32 Å². The molecule has 0 spiro atoms. The van der Waals surface area contributed by atoms with Crippen molar-refractivity contribution in [1.29, 1.82) is 0 Å². The molecule has 43 heavy (non-hydrogen) atoms. The van der Waals surface area contributed by atoms with Gasteiger partial charge in [-0.2, -0.15) is 5.10 Å². The molecule has 0 atom stereocenters. The second-order valence-corrected chi connectivity index (χ2v) is 9.77. The summed E-state index contributed by atoms with van der Waals surface area (Å²) in [7, 11) is 0. The average molecular weight is 562 g/mol. The van der Waals surface area contributed by atoms with E-state index in [-0.39, 0.29) is 11.7 Å². The third-order valence-corrected chi connectivity index (χ3v) is 6.77. The summed E-state index contributed by atoms with van der Waals surface area (Å²) in [5, 5.41) is 7.70. The van der Waals surface area contributed by atoms with Crippen molar-refractivity contribution in [1.82, 2.24) is 9.78 Å². The molecule has 1 N–H and O–H groups in total. The number of nitrogens with zero attached hydrogens (tertiary/aromatic N) is 2. The van der Waals surface area contributed by atoms with Crippen molar-refractivity contribution >= 4 is 29.5 Å². The smallest absolute Gasteiger partial charge is 0.248 e. The van der Waals surface area contributed by atoms with Gasteiger partial charge in [0.2, 0.25) is 5.91 Å². The Bertz CT molecular complexity index is 1900. The molecule has 0 saturated heterocycles. The number of benzene rings is 4. The van der Waals surface area contributed by atoms with Gasteiger partial charge in [0, 0.05) is 28.5 Å². The Labute approximate surface area is 249 Å². The molecular formula is C37H27N3O3. The van der Waals surface area contributed by atoms with Crippen molar-refractivity contribution in [2.45, 2.75) is 0 Å². The van der Waals surface area contributed by atoms with Crippen LogP contribution in [0.25, 0.3) is 40.4 Å². The SMILES string of the molecule is O=C(/C=C/c1ccco1)Nc1cccc(C(=O)/C=C/c2ccc(-n3nc(-c4ccccc4)cc3-c3ccccc3)cc2)c1. The van der Waals surface area contributed by atoms with Crippen LogP contribution in [0.4, 0.5) is 5.69 Å². The Kier molecular flexibility index (Phi) is 8.00. The predicted octanol–water partition coefficient (Wildman–Crippen LogP) is 8.35. The first-order valence-electron chi connectivity index (χ1n) is 13.8. The fourth-order valence-corrected chi connectivity index (χ4v) is 4.62. The number of carbonyl (C=O) groups is 2. The first kappa shape index (κ1) is 27.2. The van der Waals surface area contributed by atoms with Crippen LogP contribution < -0.4 is 5.32 Å². The molecule has 2 heterocycles. The summed E-state index contributed by atoms with van der Waals surface area (Å²) in [6.45, 7) is 0. The van der Waals surface area contributed by atoms with Gasteiger partial charge in [-0.1, -0.05) is 91.0 Å². The summed E-state index contributed by atoms with van der Waals surface area (Å²) >= 11 is 0. The largest absolute Gasteiger partial charge is 0.465 e. The number of hydrogen-bond donors (Lipinski definition) is 1. The van der Waals surface area contributed by atoms with Gasteiger partial charge in [0.1, 0.15) is 5.76 Å². The normalized spacial score (nSPS) is 11.3. The molecule has 0 aliphatic rings. The van der Waals surface area contributed by atoms with Crippen LogP contribution in [0.15, 0.2) is 150 Å². The molecule has 0 radical (unpaired) electrons. The van der Waals surface area contributed by atoms with E-state index in [1.54, 1.807) is 48.6 Å². The number of amides is 1. The quantitative estimate of drug-likeness (QED) is 0.142. The van der Waals surface area contributed by atoms with E-state index in [2.05, 4.69) is 35.6 Å². The van der Waals surface area contributed by atoms with Gasteiger partial charge in [-0.3, -0.25) is 9.59 Å². The summed E-state index contributed by atoms with van der Waals surface area (Å²) in [5.41, 5.74) is 6.78. The van der Waals surface area contributed by atoms with Crippen LogP contribution in [0.5, 0.6) is 0 Å². The molecule has 4 aromatic carbocycles. The zero-order chi connectivity index (χ0) is 29.4. The number of ketones is 1. The maximum absolute atomic E-state index is 12.9. The van der Waals surface area contributed by atoms with Crippen molar-refractivity contribution in [3.8, 4) is 28.2 Å². The lowest BCUT2D eigenvalue weighted by Gasteiger charge is -2.08. The number of nitrogens with one attached hydrogen (secondary N) is 1. The highest BCUT2D eigenvalue weighted by molar-refractivity contribution is 6.08. The lowest BCUT2D eigenvalue weighted by molar-refractivity contribution is -0.111. The van der Waals surface area contributed by atoms with Crippen LogP contribution in [0.3, 0.4) is 0 Å². The summed E-state index contributed by atoms with van der Waals surface area (Å²) in [4.78, 5) is 25.2. The lowest BCUT2D eigenvalue weighted by Crippen LogP contribution is -2.08. The van der Waals surface area contributed by atoms with E-state index < -0.39 is 0 Å². The Morgan fingerprint density at radius 2 is 1.44 bits per heavy atom. The van der Waals surface area contributed by atoms with Crippen molar-refractivity contribution in [3.63, 3.8) is 0 Å². The first-order chi connectivity index (χ1) is 21.1. The van der Waals surface area contributed by atoms with E-state index in [4.69, 9.17) is 9.52 Å². The third kappa shape index (κ3) is 6.66. The highest BCUT2D eigenvalue weighted by atomic mass is 16.3. The number of aromatic nitrogens is 2. The second-order valence-electron chi connectivity index (χ2n) is 9.77. The van der Waals surface area contributed by atoms with Gasteiger partial charge in [-0.05, 0) is 60.2 Å². The number of allylic oxidation sites excluding steroid dienone is 1. The van der Waals surface area contributed by atoms with Crippen LogP contribution in [-0.4, -0.2) is 21.5 Å². The monoisotopic (exact) mass is 561 g/mol. The van der Waals surface area contributed by atoms with Gasteiger partial charge in [-0.25, -0.2) is 4.68 Å². The molecule has 1 amide bonds. The fraction of sp³-hybridized carbons (Fsp3) is 0. The molecule has 6 aromatic rings. The molecule has 0 bridgehead atoms. The standard InChI is InChI=1S/C37H27N3O3/c41-36(30-13-7-14-31(25-30)38-37(42)23-21-33-15-8-24-43-33)22-18-27-16-19-32(20-17-27)40-35(29-11-5-2-6-12-29)26-34(39-40)28-9-3-1-4-10-28/h1-26H,(H,38,42)/b22-18+,23-21+. The molecule has 6 nitrogen and oxygen atoms in total. The van der Waals surface area contributed by atoms with Crippen LogP contribution in [0, 0.1) is 0 Å². The molecule has 2 aromatic heterocycles. The van der Waals surface area contributed by atoms with Crippen LogP contribution in [0.1, 0.15) is 21.7 Å². The predicted molar refractivity (Wildman–Crippen MR) is 171 cm³/mol. The maximum atomic E-state index is 12.9. The summed E-state index contributed by atoms with van der Waals surface area (Å²) in [5.74, 6) is 0.0906. The molecule has 0 aliphatic carbocycles. The summed E-state index contributed by atoms with van der Waals surface area (Å²) in [6.07, 6.45) is 7.81. The Hall–Kier alpha value is -6.01. The van der Waals surface area contributed by atoms with Crippen LogP contribution in [-0.2, 0) is 4.79 Å². The van der Waals surface area contributed by atoms with E-state index in [0.717, 1.165) is 33.8 Å². The lowest BCUT2D eigenvalue weighted by atomic mass is 10.1. The maximum Gasteiger partial charge on any atom is 0.248 e. The Morgan fingerprint density at radius 3 is 2.16 bits per heavy atom. The van der Waals surface area contributed by atoms with Gasteiger partial charge in [0.25, 0.3) is 0 Å². The molecule has 0 fully saturated rings. The van der Waals surface area contributed by atoms with Gasteiger partial charge < -0.3 is 9.73 Å². The Morgan fingerprint density at radius 1 is 0.698 bits per heavy atom. The highest BCUT2D eigenvalue weighted by Crippen LogP contribution is 2.29. The summed E-state index contributed by atoms with van der Waals surface area (Å²) < 4.78 is 7.14. The zero-order valence-electron chi connectivity index (χ0n) is 23.1. The average Bonchev–Trinajstić information content (AvgIpc) is 3.75. The topological polar surface area (TPSA) is 77.1 Å². The fourth-order valence-electron chi connectivity index (χ4n) is 4.62. The van der Waals surface area contributed by atoms with Crippen molar-refractivity contribution < 1.29 is 14.0 Å². The molecule has 208 valence electrons. The number of carbonyl (C=O) groups excluding carboxylic acids is 2. The van der Waals surface area contributed by atoms with E-state index in [9.17, 15) is 9.59 Å². The van der Waals surface area contributed by atoms with Gasteiger partial charge in [0.05, 0.1) is 23.3 Å². The minimum Gasteiger partial charge on any atom is -0.465 e. The van der Waals surface area contributed by atoms with E-state index in [0.29, 0.717) is 17.0 Å². The number of anilines is 1. The third-order valence-electron chi connectivity index (χ3n) is 6.77.